The van der Waals surface area contributed by atoms with Gasteiger partial charge in [0.15, 0.2) is 0 Å². The van der Waals surface area contributed by atoms with E-state index in [-0.39, 0.29) is 0 Å². The largest absolute Gasteiger partial charge is 0.375 e. The van der Waals surface area contributed by atoms with Crippen LogP contribution >= 0.6 is 0 Å². The third kappa shape index (κ3) is 3.32. The van der Waals surface area contributed by atoms with Crippen LogP contribution in [0.4, 0.5) is 0 Å². The molecular weight excluding hydrogens is 186 g/mol. The fraction of sp³-hybridized carbons (Fsp3) is 0.846. The first-order valence-corrected chi connectivity index (χ1v) is 6.30. The minimum Gasteiger partial charge on any atom is -0.375 e. The van der Waals surface area contributed by atoms with Crippen LogP contribution in [0, 0.1) is 0 Å². The SMILES string of the molecule is CC1=CCC(OC2CCCC(N)C2)CC1. The van der Waals surface area contributed by atoms with Crippen molar-refractivity contribution in [3.63, 3.8) is 0 Å². The van der Waals surface area contributed by atoms with Crippen molar-refractivity contribution in [2.75, 3.05) is 0 Å². The summed E-state index contributed by atoms with van der Waals surface area (Å²) in [5.74, 6) is 0. The average molecular weight is 209 g/mol. The topological polar surface area (TPSA) is 35.2 Å². The van der Waals surface area contributed by atoms with Gasteiger partial charge < -0.3 is 10.5 Å². The van der Waals surface area contributed by atoms with Gasteiger partial charge in [-0.05, 0) is 51.9 Å². The summed E-state index contributed by atoms with van der Waals surface area (Å²) in [6, 6.07) is 0.379. The quantitative estimate of drug-likeness (QED) is 0.710. The van der Waals surface area contributed by atoms with E-state index in [0.717, 1.165) is 12.8 Å². The molecule has 15 heavy (non-hydrogen) atoms. The van der Waals surface area contributed by atoms with Crippen molar-refractivity contribution in [1.82, 2.24) is 0 Å². The molecule has 0 aromatic carbocycles. The molecule has 1 saturated carbocycles. The lowest BCUT2D eigenvalue weighted by Crippen LogP contribution is -2.34. The molecule has 2 rings (SSSR count). The van der Waals surface area contributed by atoms with Crippen molar-refractivity contribution in [1.29, 1.82) is 0 Å². The van der Waals surface area contributed by atoms with E-state index < -0.39 is 0 Å². The molecule has 3 atom stereocenters. The van der Waals surface area contributed by atoms with Gasteiger partial charge in [0.05, 0.1) is 12.2 Å². The van der Waals surface area contributed by atoms with Crippen molar-refractivity contribution < 1.29 is 4.74 Å². The Morgan fingerprint density at radius 3 is 2.80 bits per heavy atom. The van der Waals surface area contributed by atoms with Gasteiger partial charge in [0.1, 0.15) is 0 Å². The van der Waals surface area contributed by atoms with Gasteiger partial charge in [-0.3, -0.25) is 0 Å². The van der Waals surface area contributed by atoms with Gasteiger partial charge in [-0.15, -0.1) is 0 Å². The highest BCUT2D eigenvalue weighted by Gasteiger charge is 2.23. The van der Waals surface area contributed by atoms with Crippen LogP contribution in [-0.2, 0) is 4.74 Å². The van der Waals surface area contributed by atoms with E-state index in [1.165, 1.54) is 37.7 Å². The van der Waals surface area contributed by atoms with Gasteiger partial charge in [-0.1, -0.05) is 11.6 Å². The first-order valence-electron chi connectivity index (χ1n) is 6.30. The minimum atomic E-state index is 0.379. The summed E-state index contributed by atoms with van der Waals surface area (Å²) < 4.78 is 6.13. The Hall–Kier alpha value is -0.340. The minimum absolute atomic E-state index is 0.379. The molecule has 2 aliphatic rings. The van der Waals surface area contributed by atoms with Crippen molar-refractivity contribution in [3.05, 3.63) is 11.6 Å². The Kier molecular flexibility index (Phi) is 3.81. The molecule has 0 radical (unpaired) electrons. The molecule has 86 valence electrons. The normalized spacial score (nSPS) is 37.5. The van der Waals surface area contributed by atoms with E-state index in [1.807, 2.05) is 0 Å². The van der Waals surface area contributed by atoms with E-state index in [0.29, 0.717) is 18.2 Å². The maximum absolute atomic E-state index is 6.13. The summed E-state index contributed by atoms with van der Waals surface area (Å²) in [7, 11) is 0. The number of ether oxygens (including phenoxy) is 1. The highest BCUT2D eigenvalue weighted by Crippen LogP contribution is 2.26. The highest BCUT2D eigenvalue weighted by molar-refractivity contribution is 5.03. The van der Waals surface area contributed by atoms with Crippen LogP contribution in [0.2, 0.25) is 0 Å². The summed E-state index contributed by atoms with van der Waals surface area (Å²) in [5, 5.41) is 0. The van der Waals surface area contributed by atoms with Gasteiger partial charge >= 0.3 is 0 Å². The van der Waals surface area contributed by atoms with Crippen LogP contribution in [0.1, 0.15) is 51.9 Å². The Balaban J connectivity index is 1.77. The van der Waals surface area contributed by atoms with Gasteiger partial charge in [0, 0.05) is 6.04 Å². The molecule has 3 unspecified atom stereocenters. The molecule has 0 bridgehead atoms. The maximum Gasteiger partial charge on any atom is 0.0616 e. The Labute approximate surface area is 92.9 Å². The van der Waals surface area contributed by atoms with Crippen molar-refractivity contribution in [3.8, 4) is 0 Å². The third-order valence-electron chi connectivity index (χ3n) is 3.64. The highest BCUT2D eigenvalue weighted by atomic mass is 16.5. The lowest BCUT2D eigenvalue weighted by Gasteiger charge is -2.31. The summed E-state index contributed by atoms with van der Waals surface area (Å²) >= 11 is 0. The first-order chi connectivity index (χ1) is 7.24. The maximum atomic E-state index is 6.13. The van der Waals surface area contributed by atoms with E-state index in [9.17, 15) is 0 Å². The van der Waals surface area contributed by atoms with Gasteiger partial charge in [0.2, 0.25) is 0 Å². The number of allylic oxidation sites excluding steroid dienone is 1. The van der Waals surface area contributed by atoms with E-state index >= 15 is 0 Å². The fourth-order valence-corrected chi connectivity index (χ4v) is 2.64. The summed E-state index contributed by atoms with van der Waals surface area (Å²) in [6.07, 6.45) is 11.5. The molecule has 0 saturated heterocycles. The second-order valence-electron chi connectivity index (χ2n) is 5.13. The molecule has 0 spiro atoms. The molecule has 0 heterocycles. The molecular formula is C13H23NO. The predicted octanol–water partition coefficient (Wildman–Crippen LogP) is 2.77. The van der Waals surface area contributed by atoms with Crippen LogP contribution < -0.4 is 5.73 Å². The molecule has 2 nitrogen and oxygen atoms in total. The fourth-order valence-electron chi connectivity index (χ4n) is 2.64. The summed E-state index contributed by atoms with van der Waals surface area (Å²) in [4.78, 5) is 0. The Bertz CT molecular complexity index is 237. The number of hydrogen-bond acceptors (Lipinski definition) is 2. The Morgan fingerprint density at radius 1 is 1.27 bits per heavy atom. The van der Waals surface area contributed by atoms with Gasteiger partial charge in [-0.2, -0.15) is 0 Å². The number of rotatable bonds is 2. The van der Waals surface area contributed by atoms with Crippen LogP contribution in [0.15, 0.2) is 11.6 Å². The molecule has 2 aliphatic carbocycles. The zero-order valence-electron chi connectivity index (χ0n) is 9.74. The van der Waals surface area contributed by atoms with E-state index in [4.69, 9.17) is 10.5 Å². The molecule has 0 aliphatic heterocycles. The summed E-state index contributed by atoms with van der Waals surface area (Å²) in [6.45, 7) is 2.22. The molecule has 0 aromatic heterocycles. The van der Waals surface area contributed by atoms with Gasteiger partial charge in [-0.25, -0.2) is 0 Å². The first kappa shape index (κ1) is 11.2. The lowest BCUT2D eigenvalue weighted by atomic mass is 9.92. The van der Waals surface area contributed by atoms with Crippen molar-refractivity contribution >= 4 is 0 Å². The monoisotopic (exact) mass is 209 g/mol. The van der Waals surface area contributed by atoms with Crippen LogP contribution in [-0.4, -0.2) is 18.2 Å². The standard InChI is InChI=1S/C13H23NO/c1-10-5-7-12(8-6-10)15-13-4-2-3-11(14)9-13/h5,11-13H,2-4,6-9,14H2,1H3. The molecule has 0 amide bonds. The smallest absolute Gasteiger partial charge is 0.0616 e. The zero-order valence-corrected chi connectivity index (χ0v) is 9.74. The van der Waals surface area contributed by atoms with Gasteiger partial charge in [0.25, 0.3) is 0 Å². The second kappa shape index (κ2) is 5.13. The Morgan fingerprint density at radius 2 is 2.13 bits per heavy atom. The van der Waals surface area contributed by atoms with Crippen LogP contribution in [0.25, 0.3) is 0 Å². The molecule has 0 aromatic rings. The molecule has 1 fully saturated rings. The predicted molar refractivity (Wildman–Crippen MR) is 62.7 cm³/mol. The van der Waals surface area contributed by atoms with E-state index in [2.05, 4.69) is 13.0 Å². The molecule has 2 heteroatoms. The third-order valence-corrected chi connectivity index (χ3v) is 3.64. The van der Waals surface area contributed by atoms with Crippen molar-refractivity contribution in [2.45, 2.75) is 70.1 Å². The number of hydrogen-bond donors (Lipinski definition) is 1. The zero-order chi connectivity index (χ0) is 10.7. The van der Waals surface area contributed by atoms with Crippen LogP contribution in [0.3, 0.4) is 0 Å². The second-order valence-corrected chi connectivity index (χ2v) is 5.13. The summed E-state index contributed by atoms with van der Waals surface area (Å²) in [5.41, 5.74) is 7.48. The number of nitrogens with two attached hydrogens (primary N) is 1. The van der Waals surface area contributed by atoms with Crippen molar-refractivity contribution in [2.24, 2.45) is 5.73 Å². The average Bonchev–Trinajstić information content (AvgIpc) is 2.22. The van der Waals surface area contributed by atoms with Crippen LogP contribution in [0.5, 0.6) is 0 Å². The van der Waals surface area contributed by atoms with E-state index in [1.54, 1.807) is 0 Å². The molecule has 2 N–H and O–H groups in total. The lowest BCUT2D eigenvalue weighted by molar-refractivity contribution is -0.0366.